The number of halogens is 2. The lowest BCUT2D eigenvalue weighted by Crippen LogP contribution is -2.18. The second kappa shape index (κ2) is 5.87. The van der Waals surface area contributed by atoms with Crippen LogP contribution in [-0.4, -0.2) is 7.05 Å². The van der Waals surface area contributed by atoms with Gasteiger partial charge in [0.15, 0.2) is 0 Å². The van der Waals surface area contributed by atoms with Gasteiger partial charge >= 0.3 is 0 Å². The molecule has 0 bridgehead atoms. The van der Waals surface area contributed by atoms with Crippen LogP contribution in [-0.2, 0) is 6.42 Å². The molecule has 2 rings (SSSR count). The summed E-state index contributed by atoms with van der Waals surface area (Å²) in [5.74, 6) is 0. The van der Waals surface area contributed by atoms with Gasteiger partial charge in [-0.25, -0.2) is 0 Å². The second-order valence-corrected chi connectivity index (χ2v) is 5.67. The highest BCUT2D eigenvalue weighted by Gasteiger charge is 2.14. The first-order chi connectivity index (χ1) is 8.20. The van der Waals surface area contributed by atoms with E-state index in [2.05, 4.69) is 22.8 Å². The number of thiophene rings is 1. The van der Waals surface area contributed by atoms with E-state index in [0.717, 1.165) is 12.0 Å². The third kappa shape index (κ3) is 3.23. The van der Waals surface area contributed by atoms with Crippen molar-refractivity contribution in [3.63, 3.8) is 0 Å². The molecule has 0 aliphatic heterocycles. The molecular formula is C13H13Cl2NS. The Hall–Kier alpha value is -0.540. The minimum Gasteiger partial charge on any atom is -0.313 e. The molecule has 0 fully saturated rings. The van der Waals surface area contributed by atoms with Crippen molar-refractivity contribution >= 4 is 34.5 Å². The van der Waals surface area contributed by atoms with Crippen LogP contribution in [0.15, 0.2) is 35.7 Å². The number of nitrogens with one attached hydrogen (secondary N) is 1. The van der Waals surface area contributed by atoms with Crippen LogP contribution >= 0.6 is 34.5 Å². The van der Waals surface area contributed by atoms with E-state index in [-0.39, 0.29) is 6.04 Å². The van der Waals surface area contributed by atoms with Crippen molar-refractivity contribution in [3.8, 4) is 0 Å². The van der Waals surface area contributed by atoms with Gasteiger partial charge in [-0.2, -0.15) is 0 Å². The molecule has 90 valence electrons. The van der Waals surface area contributed by atoms with E-state index in [1.807, 2.05) is 19.2 Å². The van der Waals surface area contributed by atoms with Crippen LogP contribution in [0.25, 0.3) is 0 Å². The molecule has 0 radical (unpaired) electrons. The van der Waals surface area contributed by atoms with Gasteiger partial charge in [0.05, 0.1) is 0 Å². The lowest BCUT2D eigenvalue weighted by Gasteiger charge is -2.17. The number of likely N-dealkylation sites (N-methyl/N-ethyl adjacent to an activating group) is 1. The monoisotopic (exact) mass is 285 g/mol. The Kier molecular flexibility index (Phi) is 4.46. The minimum atomic E-state index is 0.221. The van der Waals surface area contributed by atoms with Gasteiger partial charge in [0.1, 0.15) is 0 Å². The lowest BCUT2D eigenvalue weighted by molar-refractivity contribution is 0.597. The molecule has 2 aromatic rings. The largest absolute Gasteiger partial charge is 0.313 e. The van der Waals surface area contributed by atoms with Gasteiger partial charge in [-0.3, -0.25) is 0 Å². The molecule has 0 spiro atoms. The zero-order valence-electron chi connectivity index (χ0n) is 9.41. The van der Waals surface area contributed by atoms with Crippen molar-refractivity contribution in [2.75, 3.05) is 7.05 Å². The summed E-state index contributed by atoms with van der Waals surface area (Å²) < 4.78 is 0. The first kappa shape index (κ1) is 12.9. The van der Waals surface area contributed by atoms with Crippen molar-refractivity contribution < 1.29 is 0 Å². The number of benzene rings is 1. The molecule has 1 aromatic heterocycles. The van der Waals surface area contributed by atoms with E-state index in [1.54, 1.807) is 17.4 Å². The molecule has 0 saturated carbocycles. The molecule has 4 heteroatoms. The Morgan fingerprint density at radius 2 is 2.12 bits per heavy atom. The van der Waals surface area contributed by atoms with Gasteiger partial charge in [0.25, 0.3) is 0 Å². The minimum absolute atomic E-state index is 0.221. The maximum Gasteiger partial charge on any atom is 0.0468 e. The highest BCUT2D eigenvalue weighted by Crippen LogP contribution is 2.29. The van der Waals surface area contributed by atoms with Crippen LogP contribution in [0.5, 0.6) is 0 Å². The van der Waals surface area contributed by atoms with Crippen LogP contribution in [0, 0.1) is 0 Å². The summed E-state index contributed by atoms with van der Waals surface area (Å²) in [6.07, 6.45) is 0.940. The number of hydrogen-bond donors (Lipinski definition) is 1. The summed E-state index contributed by atoms with van der Waals surface area (Å²) in [4.78, 5) is 1.34. The maximum absolute atomic E-state index is 6.22. The van der Waals surface area contributed by atoms with E-state index in [4.69, 9.17) is 23.2 Å². The number of rotatable bonds is 4. The fourth-order valence-electron chi connectivity index (χ4n) is 1.78. The van der Waals surface area contributed by atoms with Gasteiger partial charge in [-0.05, 0) is 36.2 Å². The molecule has 1 aromatic carbocycles. The molecule has 1 nitrogen and oxygen atoms in total. The Bertz CT molecular complexity index is 482. The van der Waals surface area contributed by atoms with Gasteiger partial charge in [-0.15, -0.1) is 11.3 Å². The highest BCUT2D eigenvalue weighted by atomic mass is 35.5. The third-order valence-electron chi connectivity index (χ3n) is 2.67. The van der Waals surface area contributed by atoms with Crippen LogP contribution in [0.3, 0.4) is 0 Å². The summed E-state index contributed by atoms with van der Waals surface area (Å²) in [7, 11) is 1.95. The van der Waals surface area contributed by atoms with Gasteiger partial charge in [-0.1, -0.05) is 35.3 Å². The van der Waals surface area contributed by atoms with E-state index >= 15 is 0 Å². The SMILES string of the molecule is CNC(Cc1cccs1)c1ccc(Cl)cc1Cl. The van der Waals surface area contributed by atoms with Gasteiger partial charge in [0, 0.05) is 27.4 Å². The Balaban J connectivity index is 2.23. The van der Waals surface area contributed by atoms with Crippen molar-refractivity contribution in [2.24, 2.45) is 0 Å². The molecule has 1 heterocycles. The van der Waals surface area contributed by atoms with E-state index < -0.39 is 0 Å². The summed E-state index contributed by atoms with van der Waals surface area (Å²) in [6, 6.07) is 10.1. The highest BCUT2D eigenvalue weighted by molar-refractivity contribution is 7.09. The van der Waals surface area contributed by atoms with Crippen molar-refractivity contribution in [1.82, 2.24) is 5.32 Å². The first-order valence-electron chi connectivity index (χ1n) is 5.35. The van der Waals surface area contributed by atoms with E-state index in [1.165, 1.54) is 4.88 Å². The molecule has 0 aliphatic carbocycles. The normalized spacial score (nSPS) is 12.6. The van der Waals surface area contributed by atoms with Crippen LogP contribution < -0.4 is 5.32 Å². The molecule has 1 unspecified atom stereocenters. The fourth-order valence-corrected chi connectivity index (χ4v) is 3.07. The smallest absolute Gasteiger partial charge is 0.0468 e. The van der Waals surface area contributed by atoms with Gasteiger partial charge < -0.3 is 5.32 Å². The number of hydrogen-bond acceptors (Lipinski definition) is 2. The average molecular weight is 286 g/mol. The maximum atomic E-state index is 6.22. The van der Waals surface area contributed by atoms with Crippen molar-refractivity contribution in [3.05, 3.63) is 56.2 Å². The lowest BCUT2D eigenvalue weighted by atomic mass is 10.0. The molecule has 0 saturated heterocycles. The standard InChI is InChI=1S/C13H13Cl2NS/c1-16-13(8-10-3-2-6-17-10)11-5-4-9(14)7-12(11)15/h2-7,13,16H,8H2,1H3. The predicted molar refractivity (Wildman–Crippen MR) is 76.3 cm³/mol. The summed E-state index contributed by atoms with van der Waals surface area (Å²) in [5, 5.41) is 6.77. The first-order valence-corrected chi connectivity index (χ1v) is 6.99. The van der Waals surface area contributed by atoms with Crippen LogP contribution in [0.1, 0.15) is 16.5 Å². The zero-order valence-corrected chi connectivity index (χ0v) is 11.7. The third-order valence-corrected chi connectivity index (χ3v) is 4.13. The van der Waals surface area contributed by atoms with E-state index in [0.29, 0.717) is 10.0 Å². The fraction of sp³-hybridized carbons (Fsp3) is 0.231. The summed E-state index contributed by atoms with van der Waals surface area (Å²) >= 11 is 13.9. The van der Waals surface area contributed by atoms with Crippen molar-refractivity contribution in [1.29, 1.82) is 0 Å². The summed E-state index contributed by atoms with van der Waals surface area (Å²) in [5.41, 5.74) is 1.09. The molecule has 1 atom stereocenters. The summed E-state index contributed by atoms with van der Waals surface area (Å²) in [6.45, 7) is 0. The molecule has 0 aliphatic rings. The predicted octanol–water partition coefficient (Wildman–Crippen LogP) is 4.56. The zero-order chi connectivity index (χ0) is 12.3. The topological polar surface area (TPSA) is 12.0 Å². The van der Waals surface area contributed by atoms with Gasteiger partial charge in [0.2, 0.25) is 0 Å². The molecule has 0 amide bonds. The van der Waals surface area contributed by atoms with Crippen LogP contribution in [0.4, 0.5) is 0 Å². The van der Waals surface area contributed by atoms with Crippen molar-refractivity contribution in [2.45, 2.75) is 12.5 Å². The second-order valence-electron chi connectivity index (χ2n) is 3.79. The van der Waals surface area contributed by atoms with E-state index in [9.17, 15) is 0 Å². The molecule has 1 N–H and O–H groups in total. The van der Waals surface area contributed by atoms with Crippen LogP contribution in [0.2, 0.25) is 10.0 Å². The average Bonchev–Trinajstić information content (AvgIpc) is 2.79. The quantitative estimate of drug-likeness (QED) is 0.869. The Labute approximate surface area is 115 Å². The molecular weight excluding hydrogens is 273 g/mol. The Morgan fingerprint density at radius 3 is 2.71 bits per heavy atom. The Morgan fingerprint density at radius 1 is 1.29 bits per heavy atom. The molecule has 17 heavy (non-hydrogen) atoms.